The van der Waals surface area contributed by atoms with Crippen molar-refractivity contribution in [2.24, 2.45) is 0 Å². The van der Waals surface area contributed by atoms with E-state index in [0.717, 1.165) is 33.5 Å². The average molecular weight is 423 g/mol. The van der Waals surface area contributed by atoms with Gasteiger partial charge in [0.15, 0.2) is 9.84 Å². The maximum atomic E-state index is 12.4. The molecule has 0 atom stereocenters. The minimum Gasteiger partial charge on any atom is -0.299 e. The van der Waals surface area contributed by atoms with Gasteiger partial charge in [0.25, 0.3) is 0 Å². The SMILES string of the molecule is CC(=O)CS(=O)(=O)c1ccc(-c2cncc(-c3ccnc(C(C)(C)C)c3)c2)c(C)c1. The molecule has 0 radical (unpaired) electrons. The van der Waals surface area contributed by atoms with Crippen LogP contribution in [0, 0.1) is 6.92 Å². The van der Waals surface area contributed by atoms with E-state index in [9.17, 15) is 13.2 Å². The fourth-order valence-electron chi connectivity index (χ4n) is 3.27. The van der Waals surface area contributed by atoms with Crippen LogP contribution in [0.1, 0.15) is 39.0 Å². The number of Topliss-reactive ketones (excluding diaryl/α,β-unsaturated/α-hetero) is 1. The molecule has 5 nitrogen and oxygen atoms in total. The van der Waals surface area contributed by atoms with Crippen LogP contribution in [0.15, 0.2) is 59.9 Å². The molecule has 0 unspecified atom stereocenters. The number of rotatable bonds is 5. The predicted molar refractivity (Wildman–Crippen MR) is 119 cm³/mol. The fraction of sp³-hybridized carbons (Fsp3) is 0.292. The monoisotopic (exact) mass is 422 g/mol. The highest BCUT2D eigenvalue weighted by Crippen LogP contribution is 2.30. The second-order valence-electron chi connectivity index (χ2n) is 8.58. The summed E-state index contributed by atoms with van der Waals surface area (Å²) in [6.45, 7) is 9.51. The Morgan fingerprint density at radius 2 is 1.67 bits per heavy atom. The Bertz CT molecular complexity index is 1210. The fourth-order valence-corrected chi connectivity index (χ4v) is 4.60. The van der Waals surface area contributed by atoms with Gasteiger partial charge in [-0.15, -0.1) is 0 Å². The summed E-state index contributed by atoms with van der Waals surface area (Å²) in [5.74, 6) is -0.860. The van der Waals surface area contributed by atoms with Crippen LogP contribution < -0.4 is 0 Å². The van der Waals surface area contributed by atoms with Gasteiger partial charge in [0, 0.05) is 40.8 Å². The second-order valence-corrected chi connectivity index (χ2v) is 10.6. The number of aromatic nitrogens is 2. The number of carbonyl (C=O) groups is 1. The highest BCUT2D eigenvalue weighted by molar-refractivity contribution is 7.92. The molecule has 0 N–H and O–H groups in total. The number of nitrogens with zero attached hydrogens (tertiary/aromatic N) is 2. The van der Waals surface area contributed by atoms with E-state index in [0.29, 0.717) is 0 Å². The third-order valence-corrected chi connectivity index (χ3v) is 6.62. The van der Waals surface area contributed by atoms with Crippen molar-refractivity contribution in [2.45, 2.75) is 44.9 Å². The van der Waals surface area contributed by atoms with Crippen LogP contribution in [0.4, 0.5) is 0 Å². The molecule has 0 amide bonds. The first-order chi connectivity index (χ1) is 14.0. The van der Waals surface area contributed by atoms with Crippen molar-refractivity contribution >= 4 is 15.6 Å². The number of sulfone groups is 1. The summed E-state index contributed by atoms with van der Waals surface area (Å²) >= 11 is 0. The molecule has 2 aromatic heterocycles. The summed E-state index contributed by atoms with van der Waals surface area (Å²) < 4.78 is 24.7. The smallest absolute Gasteiger partial charge is 0.185 e. The van der Waals surface area contributed by atoms with Gasteiger partial charge in [-0.1, -0.05) is 26.8 Å². The summed E-state index contributed by atoms with van der Waals surface area (Å²) in [5, 5.41) is 0. The first-order valence-electron chi connectivity index (χ1n) is 9.72. The third kappa shape index (κ3) is 4.82. The van der Waals surface area contributed by atoms with Crippen molar-refractivity contribution in [1.29, 1.82) is 0 Å². The number of ketones is 1. The Hall–Kier alpha value is -2.86. The lowest BCUT2D eigenvalue weighted by Crippen LogP contribution is -2.13. The number of carbonyl (C=O) groups excluding carboxylic acids is 1. The molecule has 0 aliphatic rings. The lowest BCUT2D eigenvalue weighted by Gasteiger charge is -2.18. The summed E-state index contributed by atoms with van der Waals surface area (Å²) in [4.78, 5) is 20.3. The Morgan fingerprint density at radius 3 is 2.30 bits per heavy atom. The Balaban J connectivity index is 2.00. The van der Waals surface area contributed by atoms with Gasteiger partial charge in [0.1, 0.15) is 11.5 Å². The highest BCUT2D eigenvalue weighted by Gasteiger charge is 2.19. The number of aryl methyl sites for hydroxylation is 1. The van der Waals surface area contributed by atoms with Crippen molar-refractivity contribution in [3.8, 4) is 22.3 Å². The van der Waals surface area contributed by atoms with Crippen LogP contribution in [0.3, 0.4) is 0 Å². The zero-order valence-electron chi connectivity index (χ0n) is 17.9. The lowest BCUT2D eigenvalue weighted by atomic mass is 9.90. The van der Waals surface area contributed by atoms with E-state index < -0.39 is 15.6 Å². The highest BCUT2D eigenvalue weighted by atomic mass is 32.2. The molecule has 6 heteroatoms. The van der Waals surface area contributed by atoms with E-state index in [1.165, 1.54) is 6.92 Å². The van der Waals surface area contributed by atoms with Gasteiger partial charge in [-0.2, -0.15) is 0 Å². The van der Waals surface area contributed by atoms with E-state index in [1.54, 1.807) is 24.4 Å². The number of hydrogen-bond donors (Lipinski definition) is 0. The van der Waals surface area contributed by atoms with Gasteiger partial charge in [-0.3, -0.25) is 14.8 Å². The van der Waals surface area contributed by atoms with E-state index in [2.05, 4.69) is 36.8 Å². The lowest BCUT2D eigenvalue weighted by molar-refractivity contribution is -0.114. The molecular weight excluding hydrogens is 396 g/mol. The Kier molecular flexibility index (Phi) is 5.90. The predicted octanol–water partition coefficient (Wildman–Crippen LogP) is 4.78. The van der Waals surface area contributed by atoms with Crippen LogP contribution in [0.2, 0.25) is 0 Å². The average Bonchev–Trinajstić information content (AvgIpc) is 2.66. The summed E-state index contributed by atoms with van der Waals surface area (Å²) in [6.07, 6.45) is 5.39. The van der Waals surface area contributed by atoms with E-state index >= 15 is 0 Å². The van der Waals surface area contributed by atoms with Gasteiger partial charge in [-0.25, -0.2) is 8.42 Å². The molecule has 0 spiro atoms. The molecule has 156 valence electrons. The number of benzene rings is 1. The first-order valence-corrected chi connectivity index (χ1v) is 11.4. The van der Waals surface area contributed by atoms with Crippen LogP contribution in [-0.2, 0) is 20.0 Å². The molecular formula is C24H26N2O3S. The van der Waals surface area contributed by atoms with Crippen molar-refractivity contribution in [3.05, 3.63) is 66.2 Å². The minimum absolute atomic E-state index is 0.0567. The molecule has 0 saturated carbocycles. The second kappa shape index (κ2) is 8.11. The topological polar surface area (TPSA) is 77.0 Å². The normalized spacial score (nSPS) is 12.0. The molecule has 0 bridgehead atoms. The van der Waals surface area contributed by atoms with Crippen molar-refractivity contribution in [3.63, 3.8) is 0 Å². The molecule has 0 aliphatic heterocycles. The zero-order valence-corrected chi connectivity index (χ0v) is 18.7. The quantitative estimate of drug-likeness (QED) is 0.591. The molecule has 30 heavy (non-hydrogen) atoms. The van der Waals surface area contributed by atoms with E-state index in [-0.39, 0.29) is 16.1 Å². The Morgan fingerprint density at radius 1 is 0.967 bits per heavy atom. The maximum Gasteiger partial charge on any atom is 0.185 e. The zero-order chi connectivity index (χ0) is 22.1. The first kappa shape index (κ1) is 21.8. The molecule has 3 rings (SSSR count). The van der Waals surface area contributed by atoms with E-state index in [4.69, 9.17) is 0 Å². The molecule has 0 aliphatic carbocycles. The number of pyridine rings is 2. The van der Waals surface area contributed by atoms with Crippen molar-refractivity contribution in [1.82, 2.24) is 9.97 Å². The summed E-state index contributed by atoms with van der Waals surface area (Å²) in [7, 11) is -3.62. The van der Waals surface area contributed by atoms with Crippen LogP contribution in [0.25, 0.3) is 22.3 Å². The molecule has 3 aromatic rings. The van der Waals surface area contributed by atoms with Gasteiger partial charge in [-0.05, 0) is 60.9 Å². The van der Waals surface area contributed by atoms with E-state index in [1.807, 2.05) is 31.5 Å². The standard InChI is InChI=1S/C24H26N2O3S/c1-16-10-21(30(28,29)15-17(2)27)6-7-22(16)20-11-19(13-25-14-20)18-8-9-26-23(12-18)24(3,4)5/h6-14H,15H2,1-5H3. The summed E-state index contributed by atoms with van der Waals surface area (Å²) in [6, 6.07) is 11.0. The third-order valence-electron chi connectivity index (χ3n) is 4.86. The molecule has 2 heterocycles. The largest absolute Gasteiger partial charge is 0.299 e. The molecule has 0 saturated heterocycles. The number of hydrogen-bond acceptors (Lipinski definition) is 5. The van der Waals surface area contributed by atoms with Gasteiger partial charge >= 0.3 is 0 Å². The van der Waals surface area contributed by atoms with Crippen molar-refractivity contribution in [2.75, 3.05) is 5.75 Å². The van der Waals surface area contributed by atoms with Gasteiger partial charge < -0.3 is 0 Å². The molecule has 1 aromatic carbocycles. The van der Waals surface area contributed by atoms with Gasteiger partial charge in [0.05, 0.1) is 4.90 Å². The van der Waals surface area contributed by atoms with Crippen LogP contribution >= 0.6 is 0 Å². The minimum atomic E-state index is -3.62. The van der Waals surface area contributed by atoms with Crippen LogP contribution in [0.5, 0.6) is 0 Å². The Labute approximate surface area is 178 Å². The van der Waals surface area contributed by atoms with Gasteiger partial charge in [0.2, 0.25) is 0 Å². The molecule has 0 fully saturated rings. The van der Waals surface area contributed by atoms with Crippen LogP contribution in [-0.4, -0.2) is 29.9 Å². The maximum absolute atomic E-state index is 12.4. The summed E-state index contributed by atoms with van der Waals surface area (Å²) in [5.41, 5.74) is 5.55. The van der Waals surface area contributed by atoms with Crippen molar-refractivity contribution < 1.29 is 13.2 Å².